The molecule has 1 aromatic heterocycles. The zero-order valence-corrected chi connectivity index (χ0v) is 23.7. The number of carbonyl (C=O) groups excluding carboxylic acids is 2. The number of aromatic amines is 1. The van der Waals surface area contributed by atoms with Crippen LogP contribution in [0.3, 0.4) is 0 Å². The van der Waals surface area contributed by atoms with Gasteiger partial charge in [-0.2, -0.15) is 0 Å². The van der Waals surface area contributed by atoms with Gasteiger partial charge in [-0.1, -0.05) is 17.7 Å². The SMILES string of the molecule is Cc1ccc(OC[C@H](O)CNC2=NCNC(=O)C2c2nc3cc4c(cc3[nH]2)CN(C2CCN(C)CC2)C4=O)c(C)c1. The van der Waals surface area contributed by atoms with Crippen molar-refractivity contribution in [3.8, 4) is 5.75 Å². The number of piperidine rings is 1. The highest BCUT2D eigenvalue weighted by Gasteiger charge is 2.36. The van der Waals surface area contributed by atoms with E-state index >= 15 is 0 Å². The summed E-state index contributed by atoms with van der Waals surface area (Å²) in [6.07, 6.45) is 1.14. The maximum absolute atomic E-state index is 13.3. The summed E-state index contributed by atoms with van der Waals surface area (Å²) in [5.74, 6) is 0.620. The Hall–Kier alpha value is -3.96. The Morgan fingerprint density at radius 1 is 1.17 bits per heavy atom. The molecule has 3 aliphatic rings. The maximum Gasteiger partial charge on any atom is 0.254 e. The number of likely N-dealkylation sites (tertiary alicyclic amines) is 1. The fraction of sp³-hybridized carbons (Fsp3) is 0.467. The van der Waals surface area contributed by atoms with Crippen LogP contribution in [0, 0.1) is 13.8 Å². The first kappa shape index (κ1) is 27.2. The van der Waals surface area contributed by atoms with Gasteiger partial charge in [0.1, 0.15) is 36.8 Å². The summed E-state index contributed by atoms with van der Waals surface area (Å²) in [6.45, 7) is 6.96. The Bertz CT molecular complexity index is 1510. The fourth-order valence-electron chi connectivity index (χ4n) is 5.96. The summed E-state index contributed by atoms with van der Waals surface area (Å²) < 4.78 is 5.80. The van der Waals surface area contributed by atoms with E-state index in [4.69, 9.17) is 9.72 Å². The van der Waals surface area contributed by atoms with E-state index in [0.717, 1.165) is 53.9 Å². The molecule has 1 fully saturated rings. The number of aryl methyl sites for hydroxylation is 2. The molecule has 1 saturated heterocycles. The van der Waals surface area contributed by atoms with E-state index in [1.807, 2.05) is 49.1 Å². The first-order chi connectivity index (χ1) is 19.8. The minimum absolute atomic E-state index is 0.0531. The lowest BCUT2D eigenvalue weighted by Crippen LogP contribution is -2.47. The quantitative estimate of drug-likeness (QED) is 0.347. The lowest BCUT2D eigenvalue weighted by atomic mass is 10.0. The van der Waals surface area contributed by atoms with Gasteiger partial charge in [0.2, 0.25) is 5.91 Å². The molecule has 0 radical (unpaired) electrons. The number of fused-ring (bicyclic) bond motifs is 2. The smallest absolute Gasteiger partial charge is 0.254 e. The van der Waals surface area contributed by atoms with E-state index in [0.29, 0.717) is 29.3 Å². The molecule has 0 aliphatic carbocycles. The highest BCUT2D eigenvalue weighted by Crippen LogP contribution is 2.32. The highest BCUT2D eigenvalue weighted by molar-refractivity contribution is 6.09. The van der Waals surface area contributed by atoms with Crippen LogP contribution in [0.2, 0.25) is 0 Å². The van der Waals surface area contributed by atoms with E-state index in [9.17, 15) is 14.7 Å². The molecule has 4 N–H and O–H groups in total. The zero-order valence-electron chi connectivity index (χ0n) is 23.7. The molecule has 0 spiro atoms. The number of hydrogen-bond donors (Lipinski definition) is 4. The van der Waals surface area contributed by atoms with E-state index in [-0.39, 0.29) is 37.7 Å². The number of nitrogens with zero attached hydrogens (tertiary/aromatic N) is 4. The van der Waals surface area contributed by atoms with Crippen LogP contribution in [0.25, 0.3) is 11.0 Å². The second-order valence-electron chi connectivity index (χ2n) is 11.4. The number of nitrogens with one attached hydrogen (secondary N) is 3. The van der Waals surface area contributed by atoms with Crippen molar-refractivity contribution in [1.82, 2.24) is 30.4 Å². The van der Waals surface area contributed by atoms with Gasteiger partial charge >= 0.3 is 0 Å². The van der Waals surface area contributed by atoms with Crippen molar-refractivity contribution in [1.29, 1.82) is 0 Å². The van der Waals surface area contributed by atoms with E-state index in [1.165, 1.54) is 0 Å². The van der Waals surface area contributed by atoms with Crippen molar-refractivity contribution in [2.45, 2.75) is 51.3 Å². The van der Waals surface area contributed by atoms with Crippen LogP contribution in [-0.2, 0) is 11.3 Å². The van der Waals surface area contributed by atoms with Crippen molar-refractivity contribution in [3.63, 3.8) is 0 Å². The van der Waals surface area contributed by atoms with Crippen LogP contribution in [0.4, 0.5) is 0 Å². The number of H-pyrrole nitrogens is 1. The second kappa shape index (κ2) is 11.1. The number of aromatic nitrogens is 2. The van der Waals surface area contributed by atoms with Crippen molar-refractivity contribution in [2.75, 3.05) is 40.0 Å². The van der Waals surface area contributed by atoms with Crippen molar-refractivity contribution < 1.29 is 19.4 Å². The van der Waals surface area contributed by atoms with Crippen LogP contribution in [-0.4, -0.2) is 94.6 Å². The molecule has 1 unspecified atom stereocenters. The van der Waals surface area contributed by atoms with Crippen molar-refractivity contribution in [3.05, 3.63) is 58.4 Å². The van der Waals surface area contributed by atoms with Crippen molar-refractivity contribution in [2.24, 2.45) is 4.99 Å². The van der Waals surface area contributed by atoms with Gasteiger partial charge in [0.25, 0.3) is 5.91 Å². The number of aliphatic hydroxyl groups excluding tert-OH is 1. The van der Waals surface area contributed by atoms with E-state index in [2.05, 4.69) is 32.6 Å². The monoisotopic (exact) mass is 559 g/mol. The normalized spacial score (nSPS) is 20.6. The summed E-state index contributed by atoms with van der Waals surface area (Å²) in [4.78, 5) is 43.0. The molecule has 3 aromatic rings. The van der Waals surface area contributed by atoms with Gasteiger partial charge in [0, 0.05) is 24.7 Å². The van der Waals surface area contributed by atoms with Crippen LogP contribution >= 0.6 is 0 Å². The average Bonchev–Trinajstić information content (AvgIpc) is 3.50. The molecule has 41 heavy (non-hydrogen) atoms. The predicted molar refractivity (Wildman–Crippen MR) is 155 cm³/mol. The van der Waals surface area contributed by atoms with Crippen LogP contribution in [0.15, 0.2) is 35.3 Å². The summed E-state index contributed by atoms with van der Waals surface area (Å²) in [7, 11) is 2.12. The lowest BCUT2D eigenvalue weighted by Gasteiger charge is -2.34. The first-order valence-electron chi connectivity index (χ1n) is 14.2. The second-order valence-corrected chi connectivity index (χ2v) is 11.4. The molecule has 0 saturated carbocycles. The molecule has 2 atom stereocenters. The van der Waals surface area contributed by atoms with Gasteiger partial charge < -0.3 is 35.3 Å². The minimum Gasteiger partial charge on any atom is -0.491 e. The number of aliphatic hydroxyl groups is 1. The molecule has 216 valence electrons. The van der Waals surface area contributed by atoms with Gasteiger partial charge in [-0.15, -0.1) is 0 Å². The third-order valence-electron chi connectivity index (χ3n) is 8.28. The Morgan fingerprint density at radius 3 is 2.76 bits per heavy atom. The third-order valence-corrected chi connectivity index (χ3v) is 8.28. The zero-order chi connectivity index (χ0) is 28.7. The van der Waals surface area contributed by atoms with Gasteiger partial charge in [-0.05, 0) is 76.2 Å². The van der Waals surface area contributed by atoms with Gasteiger partial charge in [-0.3, -0.25) is 14.6 Å². The number of hydrogen-bond acceptors (Lipinski definition) is 8. The summed E-state index contributed by atoms with van der Waals surface area (Å²) in [5, 5.41) is 16.5. The summed E-state index contributed by atoms with van der Waals surface area (Å²) in [6, 6.07) is 9.97. The molecular formula is C30H37N7O4. The third kappa shape index (κ3) is 5.51. The minimum atomic E-state index is -0.818. The number of amidine groups is 1. The highest BCUT2D eigenvalue weighted by atomic mass is 16.5. The summed E-state index contributed by atoms with van der Waals surface area (Å²) in [5.41, 5.74) is 5.22. The van der Waals surface area contributed by atoms with Crippen LogP contribution in [0.5, 0.6) is 5.75 Å². The lowest BCUT2D eigenvalue weighted by molar-refractivity contribution is -0.121. The number of imidazole rings is 1. The Morgan fingerprint density at radius 2 is 1.98 bits per heavy atom. The van der Waals surface area contributed by atoms with E-state index < -0.39 is 12.0 Å². The van der Waals surface area contributed by atoms with Gasteiger partial charge in [0.15, 0.2) is 5.92 Å². The molecule has 2 aromatic carbocycles. The van der Waals surface area contributed by atoms with Gasteiger partial charge in [0.05, 0.1) is 11.0 Å². The number of benzene rings is 2. The number of ether oxygens (including phenoxy) is 1. The van der Waals surface area contributed by atoms with Gasteiger partial charge in [-0.25, -0.2) is 4.98 Å². The molecule has 6 rings (SSSR count). The Balaban J connectivity index is 1.14. The maximum atomic E-state index is 13.3. The number of amides is 2. The molecule has 11 nitrogen and oxygen atoms in total. The van der Waals surface area contributed by atoms with Crippen LogP contribution in [0.1, 0.15) is 51.6 Å². The number of aliphatic imine (C=N–C) groups is 1. The molecule has 0 bridgehead atoms. The number of carbonyl (C=O) groups is 2. The number of rotatable bonds is 7. The topological polar surface area (TPSA) is 135 Å². The fourth-order valence-corrected chi connectivity index (χ4v) is 5.96. The standard InChI is InChI=1S/C30H37N7O4/c1-17-4-5-25(18(2)10-17)41-15-21(38)13-31-27-26(29(39)33-16-32-27)28-34-23-11-19-14-37(20-6-8-36(3)9-7-20)30(40)22(19)12-24(23)35-28/h4-5,10-12,20-21,26,38H,6-9,13-16H2,1-3H3,(H,31,32)(H,33,39)(H,34,35)/t21-,26?/m1/s1. The van der Waals surface area contributed by atoms with Crippen molar-refractivity contribution >= 4 is 28.7 Å². The molecule has 3 aliphatic heterocycles. The first-order valence-corrected chi connectivity index (χ1v) is 14.2. The average molecular weight is 560 g/mol. The largest absolute Gasteiger partial charge is 0.491 e. The predicted octanol–water partition coefficient (Wildman–Crippen LogP) is 1.83. The molecule has 4 heterocycles. The molecule has 2 amide bonds. The van der Waals surface area contributed by atoms with Crippen LogP contribution < -0.4 is 15.4 Å². The Labute approximate surface area is 239 Å². The summed E-state index contributed by atoms with van der Waals surface area (Å²) >= 11 is 0. The molecular weight excluding hydrogens is 522 g/mol. The molecule has 11 heteroatoms. The van der Waals surface area contributed by atoms with E-state index in [1.54, 1.807) is 0 Å². The Kier molecular flexibility index (Phi) is 7.39.